The number of amides is 1. The van der Waals surface area contributed by atoms with E-state index < -0.39 is 11.7 Å². The highest BCUT2D eigenvalue weighted by atomic mass is 19.4. The van der Waals surface area contributed by atoms with E-state index in [0.717, 1.165) is 12.1 Å². The summed E-state index contributed by atoms with van der Waals surface area (Å²) >= 11 is 0. The molecule has 0 unspecified atom stereocenters. The van der Waals surface area contributed by atoms with Crippen LogP contribution in [0.2, 0.25) is 0 Å². The van der Waals surface area contributed by atoms with Gasteiger partial charge in [0.1, 0.15) is 5.76 Å². The summed E-state index contributed by atoms with van der Waals surface area (Å²) in [5.41, 5.74) is -0.156. The van der Waals surface area contributed by atoms with Gasteiger partial charge in [0.15, 0.2) is 12.4 Å². The topological polar surface area (TPSA) is 64.3 Å². The summed E-state index contributed by atoms with van der Waals surface area (Å²) in [6.07, 6.45) is -4.42. The average molecular weight is 396 g/mol. The van der Waals surface area contributed by atoms with Crippen LogP contribution in [-0.2, 0) is 22.4 Å². The van der Waals surface area contributed by atoms with Gasteiger partial charge in [-0.3, -0.25) is 4.79 Å². The average Bonchev–Trinajstić information content (AvgIpc) is 3.16. The molecule has 3 rings (SSSR count). The first-order valence-corrected chi connectivity index (χ1v) is 8.64. The Morgan fingerprint density at radius 3 is 2.68 bits per heavy atom. The first-order valence-electron chi connectivity index (χ1n) is 8.64. The SMILES string of the molecule is C/C(=N/OCc1ccc(C(=O)N2CCOCC2)o1)c1cccc(C(F)(F)F)c1. The molecule has 1 aromatic heterocycles. The van der Waals surface area contributed by atoms with Gasteiger partial charge in [-0.05, 0) is 36.8 Å². The molecule has 0 radical (unpaired) electrons. The van der Waals surface area contributed by atoms with Crippen molar-refractivity contribution in [3.05, 3.63) is 59.0 Å². The predicted molar refractivity (Wildman–Crippen MR) is 93.9 cm³/mol. The van der Waals surface area contributed by atoms with Gasteiger partial charge in [-0.2, -0.15) is 13.2 Å². The number of halogens is 3. The summed E-state index contributed by atoms with van der Waals surface area (Å²) in [5.74, 6) is 0.356. The number of alkyl halides is 3. The molecule has 0 aliphatic carbocycles. The lowest BCUT2D eigenvalue weighted by molar-refractivity contribution is -0.137. The summed E-state index contributed by atoms with van der Waals surface area (Å²) in [6, 6.07) is 7.99. The number of rotatable bonds is 5. The summed E-state index contributed by atoms with van der Waals surface area (Å²) in [4.78, 5) is 19.1. The maximum atomic E-state index is 12.8. The molecule has 1 aliphatic rings. The van der Waals surface area contributed by atoms with Gasteiger partial charge in [0.25, 0.3) is 5.91 Å². The molecule has 28 heavy (non-hydrogen) atoms. The number of morpholine rings is 1. The van der Waals surface area contributed by atoms with Gasteiger partial charge >= 0.3 is 6.18 Å². The maximum absolute atomic E-state index is 12.8. The van der Waals surface area contributed by atoms with Crippen molar-refractivity contribution in [2.45, 2.75) is 19.7 Å². The fraction of sp³-hybridized carbons (Fsp3) is 0.368. The Balaban J connectivity index is 1.59. The number of hydrogen-bond acceptors (Lipinski definition) is 5. The Hall–Kier alpha value is -2.81. The van der Waals surface area contributed by atoms with Gasteiger partial charge in [-0.15, -0.1) is 0 Å². The molecule has 1 fully saturated rings. The first-order chi connectivity index (χ1) is 13.3. The number of hydrogen-bond donors (Lipinski definition) is 0. The number of carbonyl (C=O) groups is 1. The molecule has 1 saturated heterocycles. The van der Waals surface area contributed by atoms with Gasteiger partial charge in [-0.25, -0.2) is 0 Å². The molecular weight excluding hydrogens is 377 g/mol. The van der Waals surface area contributed by atoms with Crippen LogP contribution in [0.1, 0.15) is 34.4 Å². The Morgan fingerprint density at radius 2 is 1.96 bits per heavy atom. The lowest BCUT2D eigenvalue weighted by Gasteiger charge is -2.25. The van der Waals surface area contributed by atoms with Crippen molar-refractivity contribution in [1.29, 1.82) is 0 Å². The number of furan rings is 1. The fourth-order valence-electron chi connectivity index (χ4n) is 2.66. The van der Waals surface area contributed by atoms with Crippen LogP contribution in [0.4, 0.5) is 13.2 Å². The molecule has 9 heteroatoms. The van der Waals surface area contributed by atoms with E-state index in [9.17, 15) is 18.0 Å². The monoisotopic (exact) mass is 396 g/mol. The highest BCUT2D eigenvalue weighted by molar-refractivity contribution is 5.98. The van der Waals surface area contributed by atoms with Crippen LogP contribution in [0.3, 0.4) is 0 Å². The van der Waals surface area contributed by atoms with Crippen LogP contribution in [0, 0.1) is 0 Å². The van der Waals surface area contributed by atoms with E-state index in [0.29, 0.717) is 43.3 Å². The molecule has 150 valence electrons. The lowest BCUT2D eigenvalue weighted by Crippen LogP contribution is -2.40. The minimum atomic E-state index is -4.42. The Labute approximate surface area is 159 Å². The zero-order chi connectivity index (χ0) is 20.1. The number of ether oxygens (including phenoxy) is 1. The third kappa shape index (κ3) is 4.92. The molecule has 0 saturated carbocycles. The molecule has 1 aliphatic heterocycles. The second-order valence-corrected chi connectivity index (χ2v) is 6.20. The van der Waals surface area contributed by atoms with Gasteiger partial charge < -0.3 is 18.9 Å². The van der Waals surface area contributed by atoms with Crippen molar-refractivity contribution in [3.63, 3.8) is 0 Å². The Kier molecular flexibility index (Phi) is 6.03. The minimum Gasteiger partial charge on any atom is -0.452 e. The third-order valence-electron chi connectivity index (χ3n) is 4.19. The fourth-order valence-corrected chi connectivity index (χ4v) is 2.66. The second-order valence-electron chi connectivity index (χ2n) is 6.20. The second kappa shape index (κ2) is 8.47. The summed E-state index contributed by atoms with van der Waals surface area (Å²) in [6.45, 7) is 3.49. The highest BCUT2D eigenvalue weighted by Crippen LogP contribution is 2.29. The minimum absolute atomic E-state index is 0.0489. The molecular formula is C19H19F3N2O4. The van der Waals surface area contributed by atoms with Gasteiger partial charge in [0.05, 0.1) is 24.5 Å². The van der Waals surface area contributed by atoms with Crippen molar-refractivity contribution >= 4 is 11.6 Å². The van der Waals surface area contributed by atoms with Crippen LogP contribution in [0.15, 0.2) is 46.0 Å². The van der Waals surface area contributed by atoms with E-state index in [2.05, 4.69) is 5.16 Å². The van der Waals surface area contributed by atoms with E-state index in [4.69, 9.17) is 14.0 Å². The molecule has 0 bridgehead atoms. The molecule has 0 spiro atoms. The van der Waals surface area contributed by atoms with Gasteiger partial charge in [0, 0.05) is 13.1 Å². The Morgan fingerprint density at radius 1 is 1.21 bits per heavy atom. The zero-order valence-corrected chi connectivity index (χ0v) is 15.2. The van der Waals surface area contributed by atoms with E-state index >= 15 is 0 Å². The highest BCUT2D eigenvalue weighted by Gasteiger charge is 2.30. The normalized spacial score (nSPS) is 15.6. The van der Waals surface area contributed by atoms with Crippen LogP contribution in [0.5, 0.6) is 0 Å². The van der Waals surface area contributed by atoms with Crippen molar-refractivity contribution in [2.75, 3.05) is 26.3 Å². The van der Waals surface area contributed by atoms with Gasteiger partial charge in [-0.1, -0.05) is 17.3 Å². The quantitative estimate of drug-likeness (QED) is 0.571. The van der Waals surface area contributed by atoms with Crippen LogP contribution in [-0.4, -0.2) is 42.8 Å². The largest absolute Gasteiger partial charge is 0.452 e. The third-order valence-corrected chi connectivity index (χ3v) is 4.19. The molecule has 0 atom stereocenters. The predicted octanol–water partition coefficient (Wildman–Crippen LogP) is 3.71. The van der Waals surface area contributed by atoms with E-state index in [1.54, 1.807) is 24.0 Å². The molecule has 2 aromatic rings. The van der Waals surface area contributed by atoms with Crippen LogP contribution >= 0.6 is 0 Å². The van der Waals surface area contributed by atoms with Gasteiger partial charge in [0.2, 0.25) is 0 Å². The molecule has 1 aromatic carbocycles. The molecule has 0 N–H and O–H groups in total. The van der Waals surface area contributed by atoms with Crippen molar-refractivity contribution in [1.82, 2.24) is 4.90 Å². The van der Waals surface area contributed by atoms with E-state index in [1.165, 1.54) is 12.1 Å². The molecule has 6 nitrogen and oxygen atoms in total. The number of oxime groups is 1. The summed E-state index contributed by atoms with van der Waals surface area (Å²) < 4.78 is 49.0. The number of nitrogens with zero attached hydrogens (tertiary/aromatic N) is 2. The van der Waals surface area contributed by atoms with Crippen molar-refractivity contribution < 1.29 is 32.0 Å². The summed E-state index contributed by atoms with van der Waals surface area (Å²) in [5, 5.41) is 3.83. The lowest BCUT2D eigenvalue weighted by atomic mass is 10.1. The Bertz CT molecular complexity index is 855. The number of carbonyl (C=O) groups excluding carboxylic acids is 1. The summed E-state index contributed by atoms with van der Waals surface area (Å²) in [7, 11) is 0. The van der Waals surface area contributed by atoms with E-state index in [-0.39, 0.29) is 18.3 Å². The smallest absolute Gasteiger partial charge is 0.416 e. The van der Waals surface area contributed by atoms with E-state index in [1.807, 2.05) is 0 Å². The molecule has 1 amide bonds. The van der Waals surface area contributed by atoms with Crippen LogP contribution < -0.4 is 0 Å². The zero-order valence-electron chi connectivity index (χ0n) is 15.2. The van der Waals surface area contributed by atoms with Crippen LogP contribution in [0.25, 0.3) is 0 Å². The molecule has 2 heterocycles. The van der Waals surface area contributed by atoms with Crippen molar-refractivity contribution in [3.8, 4) is 0 Å². The standard InChI is InChI=1S/C19H19F3N2O4/c1-13(14-3-2-4-15(11-14)19(20,21)22)23-27-12-16-5-6-17(28-16)18(25)24-7-9-26-10-8-24/h2-6,11H,7-10,12H2,1H3/b23-13-. The number of benzene rings is 1. The maximum Gasteiger partial charge on any atom is 0.416 e. The first kappa shape index (κ1) is 19.9. The van der Waals surface area contributed by atoms with Crippen molar-refractivity contribution in [2.24, 2.45) is 5.16 Å².